The van der Waals surface area contributed by atoms with Gasteiger partial charge in [0.25, 0.3) is 0 Å². The van der Waals surface area contributed by atoms with Gasteiger partial charge in [-0.1, -0.05) is 77.9 Å². The zero-order chi connectivity index (χ0) is 24.6. The number of allylic oxidation sites excluding steroid dienone is 1. The minimum atomic E-state index is 0.618. The summed E-state index contributed by atoms with van der Waals surface area (Å²) in [5.41, 5.74) is 15.8. The van der Waals surface area contributed by atoms with Gasteiger partial charge < -0.3 is 5.73 Å². The maximum Gasteiger partial charge on any atom is 0.166 e. The van der Waals surface area contributed by atoms with E-state index in [0.29, 0.717) is 17.2 Å². The van der Waals surface area contributed by atoms with Gasteiger partial charge >= 0.3 is 0 Å². The van der Waals surface area contributed by atoms with Gasteiger partial charge in [0.05, 0.1) is 33.7 Å². The molecule has 0 unspecified atom stereocenters. The van der Waals surface area contributed by atoms with Gasteiger partial charge in [-0.2, -0.15) is 0 Å². The first-order chi connectivity index (χ1) is 17.6. The highest BCUT2D eigenvalue weighted by Crippen LogP contribution is 2.36. The summed E-state index contributed by atoms with van der Waals surface area (Å²) in [5.74, 6) is 1.45. The molecule has 2 N–H and O–H groups in total. The molecule has 4 aromatic carbocycles. The zero-order valence-electron chi connectivity index (χ0n) is 20.2. The number of rotatable bonds is 3. The van der Waals surface area contributed by atoms with Gasteiger partial charge in [-0.05, 0) is 55.8 Å². The third kappa shape index (κ3) is 3.81. The molecular formula is C31H25N5. The van der Waals surface area contributed by atoms with Crippen molar-refractivity contribution in [1.82, 2.24) is 9.55 Å². The molecule has 0 fully saturated rings. The van der Waals surface area contributed by atoms with Crippen LogP contribution in [0, 0.1) is 13.8 Å². The lowest BCUT2D eigenvalue weighted by Crippen LogP contribution is -2.16. The van der Waals surface area contributed by atoms with Crippen LogP contribution in [0.25, 0.3) is 22.3 Å². The van der Waals surface area contributed by atoms with Crippen LogP contribution in [0.15, 0.2) is 113 Å². The van der Waals surface area contributed by atoms with Crippen molar-refractivity contribution in [2.45, 2.75) is 13.8 Å². The molecule has 0 amide bonds. The molecule has 0 saturated carbocycles. The number of nitrogens with two attached hydrogens (primary N) is 1. The third-order valence-corrected chi connectivity index (χ3v) is 6.34. The Bertz CT molecular complexity index is 1670. The number of hydrogen-bond acceptors (Lipinski definition) is 4. The summed E-state index contributed by atoms with van der Waals surface area (Å²) in [6.07, 6.45) is 0. The Balaban J connectivity index is 1.69. The van der Waals surface area contributed by atoms with Gasteiger partial charge in [0, 0.05) is 0 Å². The summed E-state index contributed by atoms with van der Waals surface area (Å²) in [5, 5.41) is 0. The van der Waals surface area contributed by atoms with E-state index in [1.54, 1.807) is 0 Å². The number of fused-ring (bicyclic) bond motifs is 3. The summed E-state index contributed by atoms with van der Waals surface area (Å²) < 4.78 is 2.08. The monoisotopic (exact) mass is 467 g/mol. The summed E-state index contributed by atoms with van der Waals surface area (Å²) in [7, 11) is 0. The van der Waals surface area contributed by atoms with Crippen LogP contribution in [-0.4, -0.2) is 21.1 Å². The molecule has 0 spiro atoms. The van der Waals surface area contributed by atoms with Crippen molar-refractivity contribution in [2.24, 2.45) is 15.7 Å². The van der Waals surface area contributed by atoms with Crippen LogP contribution in [0.3, 0.4) is 0 Å². The van der Waals surface area contributed by atoms with Crippen molar-refractivity contribution in [1.29, 1.82) is 0 Å². The lowest BCUT2D eigenvalue weighted by molar-refractivity contribution is 1.16. The Morgan fingerprint density at radius 3 is 1.94 bits per heavy atom. The Hall–Kier alpha value is -4.77. The topological polar surface area (TPSA) is 68.6 Å². The Morgan fingerprint density at radius 2 is 1.28 bits per heavy atom. The van der Waals surface area contributed by atoms with E-state index in [4.69, 9.17) is 20.7 Å². The largest absolute Gasteiger partial charge is 0.398 e. The van der Waals surface area contributed by atoms with Gasteiger partial charge in [-0.15, -0.1) is 0 Å². The summed E-state index contributed by atoms with van der Waals surface area (Å²) in [4.78, 5) is 15.2. The normalized spacial score (nSPS) is 16.6. The SMILES string of the molecule is Cc1ccc(N=C2C(=Nc3ccc(C)cc3)n3c(nc4ccccc43)/C2=C(/N)c2ccccc2)cc1. The summed E-state index contributed by atoms with van der Waals surface area (Å²) in [6, 6.07) is 34.4. The van der Waals surface area contributed by atoms with E-state index in [-0.39, 0.29) is 0 Å². The van der Waals surface area contributed by atoms with Crippen LogP contribution in [0.4, 0.5) is 11.4 Å². The van der Waals surface area contributed by atoms with E-state index in [0.717, 1.165) is 39.4 Å². The highest BCUT2D eigenvalue weighted by Gasteiger charge is 2.35. The number of nitrogens with zero attached hydrogens (tertiary/aromatic N) is 4. The van der Waals surface area contributed by atoms with Crippen LogP contribution >= 0.6 is 0 Å². The first-order valence-electron chi connectivity index (χ1n) is 11.9. The zero-order valence-corrected chi connectivity index (χ0v) is 20.2. The van der Waals surface area contributed by atoms with Crippen molar-refractivity contribution in [3.8, 4) is 0 Å². The predicted octanol–water partition coefficient (Wildman–Crippen LogP) is 6.84. The third-order valence-electron chi connectivity index (χ3n) is 6.34. The Labute approximate surface area is 210 Å². The molecule has 2 heterocycles. The van der Waals surface area contributed by atoms with Crippen molar-refractivity contribution < 1.29 is 0 Å². The van der Waals surface area contributed by atoms with Gasteiger partial charge in [-0.25, -0.2) is 15.0 Å². The minimum Gasteiger partial charge on any atom is -0.398 e. The van der Waals surface area contributed by atoms with E-state index in [9.17, 15) is 0 Å². The highest BCUT2D eigenvalue weighted by molar-refractivity contribution is 6.64. The molecule has 1 aromatic heterocycles. The predicted molar refractivity (Wildman–Crippen MR) is 149 cm³/mol. The second kappa shape index (κ2) is 8.78. The number of benzene rings is 4. The van der Waals surface area contributed by atoms with Crippen LogP contribution in [0.5, 0.6) is 0 Å². The van der Waals surface area contributed by atoms with E-state index < -0.39 is 0 Å². The van der Waals surface area contributed by atoms with Crippen LogP contribution in [0.2, 0.25) is 0 Å². The standard InChI is InChI=1S/C31H25N5/c1-20-12-16-23(17-13-20)33-29-27(28(32)22-8-4-3-5-9-22)30-35-25-10-6-7-11-26(25)36(30)31(29)34-24-18-14-21(2)15-19-24/h3-19H,32H2,1-2H3/b28-27+,33-29?,34-31?. The number of para-hydroxylation sites is 2. The Kier molecular flexibility index (Phi) is 5.30. The smallest absolute Gasteiger partial charge is 0.166 e. The van der Waals surface area contributed by atoms with Gasteiger partial charge in [-0.3, -0.25) is 4.57 Å². The molecular weight excluding hydrogens is 442 g/mol. The number of hydrogen-bond donors (Lipinski definition) is 1. The molecule has 5 heteroatoms. The van der Waals surface area contributed by atoms with Crippen molar-refractivity contribution in [2.75, 3.05) is 0 Å². The summed E-state index contributed by atoms with van der Waals surface area (Å²) >= 11 is 0. The van der Waals surface area contributed by atoms with Gasteiger partial charge in [0.15, 0.2) is 11.7 Å². The van der Waals surface area contributed by atoms with E-state index >= 15 is 0 Å². The molecule has 0 atom stereocenters. The first-order valence-corrected chi connectivity index (χ1v) is 11.9. The average molecular weight is 468 g/mol. The van der Waals surface area contributed by atoms with Crippen molar-refractivity contribution >= 4 is 45.2 Å². The number of imidazole rings is 1. The second-order valence-electron chi connectivity index (χ2n) is 8.98. The molecule has 0 radical (unpaired) electrons. The molecule has 0 aliphatic carbocycles. The van der Waals surface area contributed by atoms with Crippen LogP contribution in [-0.2, 0) is 0 Å². The molecule has 0 bridgehead atoms. The van der Waals surface area contributed by atoms with E-state index in [2.05, 4.69) is 48.7 Å². The first kappa shape index (κ1) is 21.7. The fourth-order valence-electron chi connectivity index (χ4n) is 4.44. The lowest BCUT2D eigenvalue weighted by Gasteiger charge is -2.09. The Morgan fingerprint density at radius 1 is 0.694 bits per heavy atom. The molecule has 0 saturated heterocycles. The molecule has 1 aliphatic rings. The van der Waals surface area contributed by atoms with Gasteiger partial charge in [0.1, 0.15) is 5.71 Å². The summed E-state index contributed by atoms with van der Waals surface area (Å²) in [6.45, 7) is 4.14. The molecule has 174 valence electrons. The number of aliphatic imine (C=N–C) groups is 2. The minimum absolute atomic E-state index is 0.618. The molecule has 36 heavy (non-hydrogen) atoms. The average Bonchev–Trinajstić information content (AvgIpc) is 3.41. The van der Waals surface area contributed by atoms with Gasteiger partial charge in [0.2, 0.25) is 0 Å². The quantitative estimate of drug-likeness (QED) is 0.315. The highest BCUT2D eigenvalue weighted by atomic mass is 15.2. The fraction of sp³-hybridized carbons (Fsp3) is 0.0645. The molecule has 5 aromatic rings. The lowest BCUT2D eigenvalue weighted by atomic mass is 10.0. The van der Waals surface area contributed by atoms with Crippen molar-refractivity contribution in [3.63, 3.8) is 0 Å². The molecule has 1 aliphatic heterocycles. The fourth-order valence-corrected chi connectivity index (χ4v) is 4.44. The van der Waals surface area contributed by atoms with Crippen LogP contribution in [0.1, 0.15) is 22.5 Å². The van der Waals surface area contributed by atoms with Crippen molar-refractivity contribution in [3.05, 3.63) is 126 Å². The van der Waals surface area contributed by atoms with E-state index in [1.165, 1.54) is 11.1 Å². The number of aromatic nitrogens is 2. The second-order valence-corrected chi connectivity index (χ2v) is 8.98. The number of aryl methyl sites for hydroxylation is 2. The molecule has 6 rings (SSSR count). The maximum absolute atomic E-state index is 6.87. The molecule has 5 nitrogen and oxygen atoms in total. The van der Waals surface area contributed by atoms with Crippen LogP contribution < -0.4 is 5.73 Å². The van der Waals surface area contributed by atoms with E-state index in [1.807, 2.05) is 72.8 Å². The maximum atomic E-state index is 6.87.